The second-order valence-electron chi connectivity index (χ2n) is 7.13. The summed E-state index contributed by atoms with van der Waals surface area (Å²) in [7, 11) is 0. The molecule has 0 bridgehead atoms. The molecule has 1 N–H and O–H groups in total. The van der Waals surface area contributed by atoms with Crippen molar-refractivity contribution in [1.29, 1.82) is 0 Å². The van der Waals surface area contributed by atoms with Gasteiger partial charge in [-0.05, 0) is 47.5 Å². The van der Waals surface area contributed by atoms with E-state index in [1.807, 2.05) is 48.5 Å². The number of halogens is 2. The number of rotatable bonds is 7. The molecule has 0 spiro atoms. The molecule has 1 aromatic heterocycles. The summed E-state index contributed by atoms with van der Waals surface area (Å²) in [6.07, 6.45) is 0.955. The zero-order valence-corrected chi connectivity index (χ0v) is 17.1. The molecule has 0 aliphatic carbocycles. The molecule has 4 nitrogen and oxygen atoms in total. The van der Waals surface area contributed by atoms with E-state index in [1.165, 1.54) is 12.1 Å². The van der Waals surface area contributed by atoms with E-state index in [2.05, 4.69) is 9.88 Å². The molecule has 4 aromatic rings. The highest BCUT2D eigenvalue weighted by Gasteiger charge is 2.13. The molecule has 0 saturated heterocycles. The van der Waals surface area contributed by atoms with Gasteiger partial charge in [0, 0.05) is 31.0 Å². The number of benzene rings is 3. The molecular weight excluding hydrogens is 401 g/mol. The second kappa shape index (κ2) is 9.09. The van der Waals surface area contributed by atoms with Crippen LogP contribution in [0.25, 0.3) is 11.0 Å². The quantitative estimate of drug-likeness (QED) is 0.450. The fourth-order valence-corrected chi connectivity index (χ4v) is 3.66. The van der Waals surface area contributed by atoms with Crippen LogP contribution in [0.5, 0.6) is 0 Å². The van der Waals surface area contributed by atoms with Gasteiger partial charge in [-0.25, -0.2) is 9.37 Å². The van der Waals surface area contributed by atoms with Crippen molar-refractivity contribution in [1.82, 2.24) is 14.9 Å². The van der Waals surface area contributed by atoms with Gasteiger partial charge in [0.05, 0.1) is 11.0 Å². The summed E-state index contributed by atoms with van der Waals surface area (Å²) in [4.78, 5) is 17.2. The molecule has 30 heavy (non-hydrogen) atoms. The maximum absolute atomic E-state index is 13.0. The third kappa shape index (κ3) is 4.86. The Morgan fingerprint density at radius 1 is 1.00 bits per heavy atom. The first-order chi connectivity index (χ1) is 14.6. The normalized spacial score (nSPS) is 11.0. The van der Waals surface area contributed by atoms with E-state index in [0.29, 0.717) is 31.0 Å². The predicted molar refractivity (Wildman–Crippen MR) is 117 cm³/mol. The number of carbonyl (C=O) groups is 1. The Hall–Kier alpha value is -3.18. The highest BCUT2D eigenvalue weighted by Crippen LogP contribution is 2.20. The zero-order chi connectivity index (χ0) is 20.9. The van der Waals surface area contributed by atoms with Crippen molar-refractivity contribution < 1.29 is 9.18 Å². The summed E-state index contributed by atoms with van der Waals surface area (Å²) < 4.78 is 15.1. The van der Waals surface area contributed by atoms with Crippen LogP contribution in [0.4, 0.5) is 4.39 Å². The van der Waals surface area contributed by atoms with Gasteiger partial charge in [0.25, 0.3) is 0 Å². The maximum atomic E-state index is 13.0. The van der Waals surface area contributed by atoms with Gasteiger partial charge in [-0.3, -0.25) is 4.79 Å². The number of aryl methyl sites for hydroxylation is 1. The number of nitrogens with zero attached hydrogens (tertiary/aromatic N) is 2. The SMILES string of the molecule is O=C(CCn1c(Cc2cccc(Cl)c2)nc2ccccc21)NCc1ccc(F)cc1. The monoisotopic (exact) mass is 421 g/mol. The second-order valence-corrected chi connectivity index (χ2v) is 7.56. The van der Waals surface area contributed by atoms with E-state index in [0.717, 1.165) is 28.0 Å². The first-order valence-corrected chi connectivity index (χ1v) is 10.2. The van der Waals surface area contributed by atoms with Crippen LogP contribution in [0.2, 0.25) is 5.02 Å². The third-order valence-electron chi connectivity index (χ3n) is 4.95. The van der Waals surface area contributed by atoms with Crippen LogP contribution >= 0.6 is 11.6 Å². The Morgan fingerprint density at radius 2 is 1.80 bits per heavy atom. The topological polar surface area (TPSA) is 46.9 Å². The van der Waals surface area contributed by atoms with Crippen molar-refractivity contribution in [2.45, 2.75) is 25.9 Å². The first-order valence-electron chi connectivity index (χ1n) is 9.78. The number of hydrogen-bond acceptors (Lipinski definition) is 2. The first kappa shape index (κ1) is 20.1. The molecule has 0 atom stereocenters. The molecule has 0 radical (unpaired) electrons. The number of hydrogen-bond donors (Lipinski definition) is 1. The summed E-state index contributed by atoms with van der Waals surface area (Å²) >= 11 is 6.13. The van der Waals surface area contributed by atoms with E-state index in [4.69, 9.17) is 16.6 Å². The van der Waals surface area contributed by atoms with Crippen LogP contribution in [0.3, 0.4) is 0 Å². The summed E-state index contributed by atoms with van der Waals surface area (Å²) in [6.45, 7) is 0.894. The van der Waals surface area contributed by atoms with Gasteiger partial charge in [-0.15, -0.1) is 0 Å². The van der Waals surface area contributed by atoms with Crippen molar-refractivity contribution in [3.05, 3.63) is 101 Å². The van der Waals surface area contributed by atoms with E-state index in [1.54, 1.807) is 12.1 Å². The molecular formula is C24H21ClFN3O. The lowest BCUT2D eigenvalue weighted by molar-refractivity contribution is -0.121. The molecule has 0 aliphatic rings. The number of imidazole rings is 1. The highest BCUT2D eigenvalue weighted by molar-refractivity contribution is 6.30. The number of amides is 1. The van der Waals surface area contributed by atoms with Crippen LogP contribution in [-0.2, 0) is 24.3 Å². The fraction of sp³-hybridized carbons (Fsp3) is 0.167. The van der Waals surface area contributed by atoms with Gasteiger partial charge in [0.2, 0.25) is 5.91 Å². The lowest BCUT2D eigenvalue weighted by Gasteiger charge is -2.10. The summed E-state index contributed by atoms with van der Waals surface area (Å²) in [5.74, 6) is 0.542. The molecule has 4 rings (SSSR count). The van der Waals surface area contributed by atoms with E-state index in [9.17, 15) is 9.18 Å². The smallest absolute Gasteiger partial charge is 0.222 e. The molecule has 0 fully saturated rings. The third-order valence-corrected chi connectivity index (χ3v) is 5.19. The zero-order valence-electron chi connectivity index (χ0n) is 16.3. The molecule has 1 amide bonds. The number of aromatic nitrogens is 2. The molecule has 0 saturated carbocycles. The van der Waals surface area contributed by atoms with Crippen molar-refractivity contribution in [3.63, 3.8) is 0 Å². The number of para-hydroxylation sites is 2. The molecule has 6 heteroatoms. The van der Waals surface area contributed by atoms with E-state index >= 15 is 0 Å². The number of nitrogens with one attached hydrogen (secondary N) is 1. The molecule has 1 heterocycles. The van der Waals surface area contributed by atoms with Crippen LogP contribution in [-0.4, -0.2) is 15.5 Å². The Labute approximate surface area is 179 Å². The standard InChI is InChI=1S/C24H21ClFN3O/c25-19-5-3-4-18(14-19)15-23-28-21-6-1-2-7-22(21)29(23)13-12-24(30)27-16-17-8-10-20(26)11-9-17/h1-11,14H,12-13,15-16H2,(H,27,30). The molecule has 3 aromatic carbocycles. The van der Waals surface area contributed by atoms with Crippen molar-refractivity contribution in [3.8, 4) is 0 Å². The minimum absolute atomic E-state index is 0.0641. The number of fused-ring (bicyclic) bond motifs is 1. The van der Waals surface area contributed by atoms with Gasteiger partial charge in [0.1, 0.15) is 11.6 Å². The Kier molecular flexibility index (Phi) is 6.10. The Morgan fingerprint density at radius 3 is 2.60 bits per heavy atom. The van der Waals surface area contributed by atoms with Crippen LogP contribution in [0.1, 0.15) is 23.4 Å². The lowest BCUT2D eigenvalue weighted by Crippen LogP contribution is -2.24. The maximum Gasteiger partial charge on any atom is 0.222 e. The van der Waals surface area contributed by atoms with Gasteiger partial charge in [-0.2, -0.15) is 0 Å². The average molecular weight is 422 g/mol. The van der Waals surface area contributed by atoms with E-state index < -0.39 is 0 Å². The fourth-order valence-electron chi connectivity index (χ4n) is 3.44. The van der Waals surface area contributed by atoms with Crippen LogP contribution < -0.4 is 5.32 Å². The Balaban J connectivity index is 1.47. The summed E-state index contributed by atoms with van der Waals surface area (Å²) in [5, 5.41) is 3.58. The van der Waals surface area contributed by atoms with Gasteiger partial charge >= 0.3 is 0 Å². The van der Waals surface area contributed by atoms with Gasteiger partial charge in [0.15, 0.2) is 0 Å². The molecule has 152 valence electrons. The summed E-state index contributed by atoms with van der Waals surface area (Å²) in [6, 6.07) is 21.8. The van der Waals surface area contributed by atoms with Crippen molar-refractivity contribution >= 4 is 28.5 Å². The van der Waals surface area contributed by atoms with Gasteiger partial charge < -0.3 is 9.88 Å². The van der Waals surface area contributed by atoms with Crippen LogP contribution in [0, 0.1) is 5.82 Å². The minimum Gasteiger partial charge on any atom is -0.352 e. The highest BCUT2D eigenvalue weighted by atomic mass is 35.5. The van der Waals surface area contributed by atoms with E-state index in [-0.39, 0.29) is 11.7 Å². The average Bonchev–Trinajstić information content (AvgIpc) is 3.09. The van der Waals surface area contributed by atoms with Crippen molar-refractivity contribution in [2.75, 3.05) is 0 Å². The summed E-state index contributed by atoms with van der Waals surface area (Å²) in [5.41, 5.74) is 3.83. The Bertz CT molecular complexity index is 1170. The lowest BCUT2D eigenvalue weighted by atomic mass is 10.1. The molecule has 0 aliphatic heterocycles. The van der Waals surface area contributed by atoms with Gasteiger partial charge in [-0.1, -0.05) is 48.0 Å². The predicted octanol–water partition coefficient (Wildman–Crippen LogP) is 5.13. The van der Waals surface area contributed by atoms with Crippen LogP contribution in [0.15, 0.2) is 72.8 Å². The molecule has 0 unspecified atom stereocenters. The largest absolute Gasteiger partial charge is 0.352 e. The van der Waals surface area contributed by atoms with Crippen molar-refractivity contribution in [2.24, 2.45) is 0 Å². The number of carbonyl (C=O) groups excluding carboxylic acids is 1. The minimum atomic E-state index is -0.288.